The van der Waals surface area contributed by atoms with E-state index in [0.717, 1.165) is 10.4 Å². The Bertz CT molecular complexity index is 983. The van der Waals surface area contributed by atoms with Gasteiger partial charge in [0.15, 0.2) is 0 Å². The van der Waals surface area contributed by atoms with E-state index in [1.807, 2.05) is 29.3 Å². The molecule has 1 aliphatic heterocycles. The van der Waals surface area contributed by atoms with Crippen LogP contribution >= 0.6 is 11.3 Å². The number of thiophene rings is 1. The SMILES string of the molecule is COC(=O)CC(NC(=O)CN1CCN(S(=O)(=O)c2ccc(C)cc2)CC1)c1cccs1. The molecular weight excluding hydrogens is 438 g/mol. The number of ether oxygens (including phenoxy) is 1. The number of amides is 1. The molecule has 0 bridgehead atoms. The molecule has 1 unspecified atom stereocenters. The van der Waals surface area contributed by atoms with Gasteiger partial charge in [-0.3, -0.25) is 14.5 Å². The molecule has 0 spiro atoms. The number of hydrogen-bond donors (Lipinski definition) is 1. The van der Waals surface area contributed by atoms with Gasteiger partial charge >= 0.3 is 5.97 Å². The smallest absolute Gasteiger partial charge is 0.307 e. The first-order valence-electron chi connectivity index (χ1n) is 9.98. The lowest BCUT2D eigenvalue weighted by molar-refractivity contribution is -0.141. The maximum absolute atomic E-state index is 12.8. The van der Waals surface area contributed by atoms with Crippen LogP contribution in [0.25, 0.3) is 0 Å². The summed E-state index contributed by atoms with van der Waals surface area (Å²) >= 11 is 1.46. The molecule has 168 valence electrons. The van der Waals surface area contributed by atoms with Gasteiger partial charge in [-0.1, -0.05) is 23.8 Å². The van der Waals surface area contributed by atoms with Crippen LogP contribution in [-0.2, 0) is 24.3 Å². The Morgan fingerprint density at radius 1 is 1.13 bits per heavy atom. The molecule has 1 N–H and O–H groups in total. The van der Waals surface area contributed by atoms with Crippen molar-refractivity contribution in [2.45, 2.75) is 24.3 Å². The minimum absolute atomic E-state index is 0.0608. The van der Waals surface area contributed by atoms with Gasteiger partial charge in [0.1, 0.15) is 0 Å². The minimum Gasteiger partial charge on any atom is -0.469 e. The first-order chi connectivity index (χ1) is 14.8. The summed E-state index contributed by atoms with van der Waals surface area (Å²) in [5.74, 6) is -0.606. The highest BCUT2D eigenvalue weighted by Gasteiger charge is 2.29. The normalized spacial score (nSPS) is 16.6. The second-order valence-electron chi connectivity index (χ2n) is 7.41. The summed E-state index contributed by atoms with van der Waals surface area (Å²) in [5, 5.41) is 4.79. The van der Waals surface area contributed by atoms with Crippen LogP contribution in [-0.4, -0.2) is 69.3 Å². The molecule has 10 heteroatoms. The summed E-state index contributed by atoms with van der Waals surface area (Å²) in [6, 6.07) is 10.1. The predicted molar refractivity (Wildman–Crippen MR) is 118 cm³/mol. The molecule has 1 fully saturated rings. The Balaban J connectivity index is 1.54. The quantitative estimate of drug-likeness (QED) is 0.597. The van der Waals surface area contributed by atoms with Crippen LogP contribution in [0, 0.1) is 6.92 Å². The van der Waals surface area contributed by atoms with Crippen molar-refractivity contribution in [1.82, 2.24) is 14.5 Å². The molecule has 8 nitrogen and oxygen atoms in total. The van der Waals surface area contributed by atoms with Crippen molar-refractivity contribution >= 4 is 33.2 Å². The van der Waals surface area contributed by atoms with E-state index >= 15 is 0 Å². The number of sulfonamides is 1. The number of carbonyl (C=O) groups excluding carboxylic acids is 2. The number of aryl methyl sites for hydroxylation is 1. The Labute approximate surface area is 186 Å². The van der Waals surface area contributed by atoms with E-state index in [1.54, 1.807) is 24.3 Å². The minimum atomic E-state index is -3.54. The van der Waals surface area contributed by atoms with Gasteiger partial charge in [-0.15, -0.1) is 11.3 Å². The molecule has 1 saturated heterocycles. The van der Waals surface area contributed by atoms with E-state index in [4.69, 9.17) is 4.74 Å². The number of piperazine rings is 1. The molecule has 0 aliphatic carbocycles. The maximum Gasteiger partial charge on any atom is 0.307 e. The highest BCUT2D eigenvalue weighted by Crippen LogP contribution is 2.23. The Morgan fingerprint density at radius 3 is 2.39 bits per heavy atom. The Hall–Kier alpha value is -2.27. The lowest BCUT2D eigenvalue weighted by atomic mass is 10.1. The van der Waals surface area contributed by atoms with Crippen LogP contribution in [0.4, 0.5) is 0 Å². The molecular formula is C21H27N3O5S2. The third-order valence-electron chi connectivity index (χ3n) is 5.18. The van der Waals surface area contributed by atoms with Gasteiger partial charge in [-0.2, -0.15) is 4.31 Å². The number of nitrogens with one attached hydrogen (secondary N) is 1. The molecule has 0 saturated carbocycles. The van der Waals surface area contributed by atoms with E-state index < -0.39 is 22.0 Å². The van der Waals surface area contributed by atoms with E-state index in [1.165, 1.54) is 22.8 Å². The number of esters is 1. The van der Waals surface area contributed by atoms with E-state index in [9.17, 15) is 18.0 Å². The van der Waals surface area contributed by atoms with Crippen molar-refractivity contribution in [3.63, 3.8) is 0 Å². The monoisotopic (exact) mass is 465 g/mol. The summed E-state index contributed by atoms with van der Waals surface area (Å²) in [6.07, 6.45) is 0.0608. The molecule has 1 atom stereocenters. The van der Waals surface area contributed by atoms with Gasteiger partial charge < -0.3 is 10.1 Å². The van der Waals surface area contributed by atoms with Gasteiger partial charge in [0.05, 0.1) is 31.0 Å². The standard InChI is InChI=1S/C21H27N3O5S2/c1-16-5-7-17(8-6-16)31(27,28)24-11-9-23(10-12-24)15-20(25)22-18(14-21(26)29-2)19-4-3-13-30-19/h3-8,13,18H,9-12,14-15H2,1-2H3,(H,22,25). The van der Waals surface area contributed by atoms with Crippen LogP contribution < -0.4 is 5.32 Å². The second kappa shape index (κ2) is 10.4. The van der Waals surface area contributed by atoms with E-state index in [0.29, 0.717) is 26.2 Å². The molecule has 1 aliphatic rings. The summed E-state index contributed by atoms with van der Waals surface area (Å²) in [7, 11) is -2.22. The average Bonchev–Trinajstić information content (AvgIpc) is 3.29. The Morgan fingerprint density at radius 2 is 1.81 bits per heavy atom. The molecule has 1 aromatic heterocycles. The van der Waals surface area contributed by atoms with Crippen molar-refractivity contribution < 1.29 is 22.7 Å². The van der Waals surface area contributed by atoms with Crippen molar-refractivity contribution in [3.05, 3.63) is 52.2 Å². The summed E-state index contributed by atoms with van der Waals surface area (Å²) in [6.45, 7) is 3.61. The fourth-order valence-electron chi connectivity index (χ4n) is 3.39. The van der Waals surface area contributed by atoms with Gasteiger partial charge in [0, 0.05) is 31.1 Å². The van der Waals surface area contributed by atoms with Crippen molar-refractivity contribution in [1.29, 1.82) is 0 Å². The molecule has 1 aromatic carbocycles. The number of rotatable bonds is 8. The van der Waals surface area contributed by atoms with Gasteiger partial charge in [-0.05, 0) is 30.5 Å². The summed E-state index contributed by atoms with van der Waals surface area (Å²) in [5.41, 5.74) is 1.00. The van der Waals surface area contributed by atoms with E-state index in [2.05, 4.69) is 5.32 Å². The van der Waals surface area contributed by atoms with Crippen LogP contribution in [0.5, 0.6) is 0 Å². The number of hydrogen-bond acceptors (Lipinski definition) is 7. The van der Waals surface area contributed by atoms with Gasteiger partial charge in [0.25, 0.3) is 0 Å². The Kier molecular flexibility index (Phi) is 7.82. The zero-order valence-corrected chi connectivity index (χ0v) is 19.2. The molecule has 2 heterocycles. The molecule has 0 radical (unpaired) electrons. The number of nitrogens with zero attached hydrogens (tertiary/aromatic N) is 2. The zero-order chi connectivity index (χ0) is 22.4. The lowest BCUT2D eigenvalue weighted by Crippen LogP contribution is -2.51. The average molecular weight is 466 g/mol. The summed E-state index contributed by atoms with van der Waals surface area (Å²) in [4.78, 5) is 27.4. The fraction of sp³-hybridized carbons (Fsp3) is 0.429. The van der Waals surface area contributed by atoms with Crippen molar-refractivity contribution in [2.75, 3.05) is 39.8 Å². The maximum atomic E-state index is 12.8. The summed E-state index contributed by atoms with van der Waals surface area (Å²) < 4.78 is 31.8. The highest BCUT2D eigenvalue weighted by atomic mass is 32.2. The van der Waals surface area contributed by atoms with Crippen LogP contribution in [0.3, 0.4) is 0 Å². The zero-order valence-electron chi connectivity index (χ0n) is 17.6. The van der Waals surface area contributed by atoms with Crippen molar-refractivity contribution in [3.8, 4) is 0 Å². The largest absolute Gasteiger partial charge is 0.469 e. The van der Waals surface area contributed by atoms with Gasteiger partial charge in [-0.25, -0.2) is 8.42 Å². The number of benzene rings is 1. The molecule has 3 rings (SSSR count). The lowest BCUT2D eigenvalue weighted by Gasteiger charge is -2.33. The number of methoxy groups -OCH3 is 1. The van der Waals surface area contributed by atoms with Crippen LogP contribution in [0.1, 0.15) is 22.9 Å². The first kappa shape index (κ1) is 23.4. The molecule has 1 amide bonds. The van der Waals surface area contributed by atoms with Crippen molar-refractivity contribution in [2.24, 2.45) is 0 Å². The fourth-order valence-corrected chi connectivity index (χ4v) is 5.59. The molecule has 31 heavy (non-hydrogen) atoms. The second-order valence-corrected chi connectivity index (χ2v) is 10.3. The topological polar surface area (TPSA) is 96.0 Å². The number of carbonyl (C=O) groups is 2. The van der Waals surface area contributed by atoms with E-state index in [-0.39, 0.29) is 23.8 Å². The van der Waals surface area contributed by atoms with Gasteiger partial charge in [0.2, 0.25) is 15.9 Å². The van der Waals surface area contributed by atoms with Crippen LogP contribution in [0.15, 0.2) is 46.7 Å². The van der Waals surface area contributed by atoms with Crippen LogP contribution in [0.2, 0.25) is 0 Å². The molecule has 2 aromatic rings. The predicted octanol–water partition coefficient (Wildman–Crippen LogP) is 1.78. The third kappa shape index (κ3) is 6.13. The highest BCUT2D eigenvalue weighted by molar-refractivity contribution is 7.89. The first-order valence-corrected chi connectivity index (χ1v) is 12.3. The third-order valence-corrected chi connectivity index (χ3v) is 8.08.